The molecule has 6 nitrogen and oxygen atoms in total. The number of fused-ring (bicyclic) bond motifs is 2. The smallest absolute Gasteiger partial charge is 0.228 e. The zero-order valence-corrected chi connectivity index (χ0v) is 16.3. The molecule has 1 aromatic carbocycles. The Balaban J connectivity index is 1.20. The second-order valence-corrected chi connectivity index (χ2v) is 8.35. The number of thioether (sulfide) groups is 1. The minimum atomic E-state index is 0.230. The van der Waals surface area contributed by atoms with Crippen LogP contribution in [0.5, 0.6) is 0 Å². The number of benzene rings is 1. The van der Waals surface area contributed by atoms with Crippen molar-refractivity contribution in [2.24, 2.45) is 4.99 Å². The monoisotopic (exact) mass is 381 g/mol. The van der Waals surface area contributed by atoms with Gasteiger partial charge in [-0.25, -0.2) is 4.98 Å². The Labute approximate surface area is 162 Å². The number of rotatable bonds is 3. The summed E-state index contributed by atoms with van der Waals surface area (Å²) in [4.78, 5) is 29.7. The Morgan fingerprint density at radius 2 is 2.15 bits per heavy atom. The molecule has 0 saturated carbocycles. The Bertz CT molecular complexity index is 954. The maximum absolute atomic E-state index is 12.8. The molecule has 5 rings (SSSR count). The van der Waals surface area contributed by atoms with Gasteiger partial charge in [0.15, 0.2) is 5.17 Å². The van der Waals surface area contributed by atoms with Crippen molar-refractivity contribution in [3.8, 4) is 0 Å². The lowest BCUT2D eigenvalue weighted by Crippen LogP contribution is -2.39. The normalized spacial score (nSPS) is 20.2. The van der Waals surface area contributed by atoms with E-state index in [1.54, 1.807) is 11.8 Å². The molecular formula is C20H23N5OS. The molecule has 0 spiro atoms. The van der Waals surface area contributed by atoms with Gasteiger partial charge >= 0.3 is 0 Å². The highest BCUT2D eigenvalue weighted by molar-refractivity contribution is 8.16. The van der Waals surface area contributed by atoms with E-state index in [4.69, 9.17) is 4.98 Å². The van der Waals surface area contributed by atoms with Gasteiger partial charge in [0.2, 0.25) is 5.91 Å². The molecule has 0 aliphatic carbocycles. The lowest BCUT2D eigenvalue weighted by Gasteiger charge is -2.31. The number of nitrogens with one attached hydrogen (secondary N) is 1. The van der Waals surface area contributed by atoms with Gasteiger partial charge in [0.05, 0.1) is 24.0 Å². The van der Waals surface area contributed by atoms with Gasteiger partial charge in [0.25, 0.3) is 0 Å². The zero-order chi connectivity index (χ0) is 18.4. The summed E-state index contributed by atoms with van der Waals surface area (Å²) >= 11 is 1.64. The summed E-state index contributed by atoms with van der Waals surface area (Å²) in [6.45, 7) is 5.46. The number of carbonyl (C=O) groups is 1. The van der Waals surface area contributed by atoms with Crippen LogP contribution in [0.1, 0.15) is 36.6 Å². The molecule has 0 bridgehead atoms. The van der Waals surface area contributed by atoms with Crippen molar-refractivity contribution in [2.75, 3.05) is 26.2 Å². The van der Waals surface area contributed by atoms with Crippen LogP contribution in [-0.4, -0.2) is 57.0 Å². The number of hydrogen-bond acceptors (Lipinski definition) is 5. The molecule has 2 aromatic rings. The molecule has 1 saturated heterocycles. The van der Waals surface area contributed by atoms with Gasteiger partial charge in [-0.3, -0.25) is 9.79 Å². The number of aromatic amines is 1. The van der Waals surface area contributed by atoms with E-state index in [-0.39, 0.29) is 5.91 Å². The number of likely N-dealkylation sites (tertiary alicyclic amines) is 1. The minimum absolute atomic E-state index is 0.230. The molecule has 1 fully saturated rings. The van der Waals surface area contributed by atoms with E-state index < -0.39 is 0 Å². The van der Waals surface area contributed by atoms with Crippen LogP contribution in [0.4, 0.5) is 0 Å². The molecule has 0 radical (unpaired) electrons. The Morgan fingerprint density at radius 3 is 3.00 bits per heavy atom. The maximum Gasteiger partial charge on any atom is 0.228 e. The third kappa shape index (κ3) is 3.14. The van der Waals surface area contributed by atoms with Crippen LogP contribution in [0, 0.1) is 6.92 Å². The van der Waals surface area contributed by atoms with Crippen molar-refractivity contribution in [3.05, 3.63) is 40.7 Å². The summed E-state index contributed by atoms with van der Waals surface area (Å²) < 4.78 is 0. The van der Waals surface area contributed by atoms with E-state index in [9.17, 15) is 4.79 Å². The van der Waals surface area contributed by atoms with E-state index in [2.05, 4.69) is 45.4 Å². The molecule has 27 heavy (non-hydrogen) atoms. The molecule has 1 amide bonds. The van der Waals surface area contributed by atoms with Crippen LogP contribution < -0.4 is 0 Å². The first-order valence-electron chi connectivity index (χ1n) is 9.59. The van der Waals surface area contributed by atoms with E-state index in [0.29, 0.717) is 12.3 Å². The number of carbonyl (C=O) groups excluding carboxylic acids is 1. The average Bonchev–Trinajstić information content (AvgIpc) is 3.38. The van der Waals surface area contributed by atoms with Crippen LogP contribution in [0.3, 0.4) is 0 Å². The highest BCUT2D eigenvalue weighted by atomic mass is 32.2. The summed E-state index contributed by atoms with van der Waals surface area (Å²) in [5.74, 6) is 1.70. The predicted molar refractivity (Wildman–Crippen MR) is 109 cm³/mol. The number of aryl methyl sites for hydroxylation is 1. The van der Waals surface area contributed by atoms with Crippen LogP contribution >= 0.6 is 11.8 Å². The summed E-state index contributed by atoms with van der Waals surface area (Å²) in [6, 6.07) is 6.32. The lowest BCUT2D eigenvalue weighted by molar-refractivity contribution is -0.131. The first-order chi connectivity index (χ1) is 13.2. The van der Waals surface area contributed by atoms with Crippen molar-refractivity contribution < 1.29 is 4.79 Å². The number of aliphatic imine (C=N–C) groups is 1. The molecule has 3 aliphatic heterocycles. The number of imidazole rings is 1. The van der Waals surface area contributed by atoms with Crippen molar-refractivity contribution in [3.63, 3.8) is 0 Å². The molecule has 1 aromatic heterocycles. The fourth-order valence-electron chi connectivity index (χ4n) is 4.12. The topological polar surface area (TPSA) is 64.6 Å². The first kappa shape index (κ1) is 16.9. The third-order valence-corrected chi connectivity index (χ3v) is 6.62. The number of piperidine rings is 1. The average molecular weight is 382 g/mol. The van der Waals surface area contributed by atoms with Gasteiger partial charge < -0.3 is 14.8 Å². The molecule has 1 N–H and O–H groups in total. The summed E-state index contributed by atoms with van der Waals surface area (Å²) in [5, 5.41) is 3.13. The molecule has 7 heteroatoms. The van der Waals surface area contributed by atoms with Crippen molar-refractivity contribution in [2.45, 2.75) is 32.1 Å². The second-order valence-electron chi connectivity index (χ2n) is 7.52. The fraction of sp³-hybridized carbons (Fsp3) is 0.450. The number of amides is 1. The number of hydrogen-bond donors (Lipinski definition) is 1. The predicted octanol–water partition coefficient (Wildman–Crippen LogP) is 3.23. The largest absolute Gasteiger partial charge is 0.342 e. The molecule has 140 valence electrons. The minimum Gasteiger partial charge on any atom is -0.342 e. The fourth-order valence-corrected chi connectivity index (χ4v) is 5.07. The maximum atomic E-state index is 12.8. The molecule has 0 atom stereocenters. The Morgan fingerprint density at radius 1 is 1.30 bits per heavy atom. The Hall–Kier alpha value is -2.28. The first-order valence-corrected chi connectivity index (χ1v) is 10.5. The van der Waals surface area contributed by atoms with Gasteiger partial charge in [-0.15, -0.1) is 0 Å². The number of H-pyrrole nitrogens is 1. The van der Waals surface area contributed by atoms with Crippen LogP contribution in [0.2, 0.25) is 0 Å². The van der Waals surface area contributed by atoms with Gasteiger partial charge in [0, 0.05) is 31.2 Å². The number of aromatic nitrogens is 2. The standard InChI is InChI=1S/C20H23N5OS/c1-13-2-3-16-17(10-13)23-19(22-16)14-4-7-24(8-5-14)18(26)11-15-12-27-20-21-6-9-25(15)20/h2-3,10,12,14H,4-9,11H2,1H3,(H,22,23). The van der Waals surface area contributed by atoms with Gasteiger partial charge in [-0.05, 0) is 42.9 Å². The highest BCUT2D eigenvalue weighted by Crippen LogP contribution is 2.32. The van der Waals surface area contributed by atoms with Crippen LogP contribution in [-0.2, 0) is 4.79 Å². The van der Waals surface area contributed by atoms with Crippen molar-refractivity contribution in [1.82, 2.24) is 19.8 Å². The number of nitrogens with zero attached hydrogens (tertiary/aromatic N) is 4. The molecule has 0 unspecified atom stereocenters. The van der Waals surface area contributed by atoms with E-state index in [0.717, 1.165) is 66.7 Å². The summed E-state index contributed by atoms with van der Waals surface area (Å²) in [5.41, 5.74) is 4.49. The van der Waals surface area contributed by atoms with Crippen molar-refractivity contribution in [1.29, 1.82) is 0 Å². The van der Waals surface area contributed by atoms with E-state index in [1.807, 2.05) is 4.90 Å². The quantitative estimate of drug-likeness (QED) is 0.887. The third-order valence-electron chi connectivity index (χ3n) is 5.67. The van der Waals surface area contributed by atoms with Crippen molar-refractivity contribution >= 4 is 33.9 Å². The van der Waals surface area contributed by atoms with Gasteiger partial charge in [-0.1, -0.05) is 17.8 Å². The number of amidine groups is 1. The molecular weight excluding hydrogens is 358 g/mol. The van der Waals surface area contributed by atoms with E-state index in [1.165, 1.54) is 5.56 Å². The highest BCUT2D eigenvalue weighted by Gasteiger charge is 2.30. The Kier molecular flexibility index (Phi) is 4.19. The van der Waals surface area contributed by atoms with Gasteiger partial charge in [0.1, 0.15) is 5.82 Å². The van der Waals surface area contributed by atoms with Crippen LogP contribution in [0.25, 0.3) is 11.0 Å². The summed E-state index contributed by atoms with van der Waals surface area (Å²) in [6.07, 6.45) is 2.42. The zero-order valence-electron chi connectivity index (χ0n) is 15.4. The van der Waals surface area contributed by atoms with E-state index >= 15 is 0 Å². The summed E-state index contributed by atoms with van der Waals surface area (Å²) in [7, 11) is 0. The van der Waals surface area contributed by atoms with Gasteiger partial charge in [-0.2, -0.15) is 0 Å². The molecule has 4 heterocycles. The molecule has 3 aliphatic rings. The SMILES string of the molecule is Cc1ccc2nc(C3CCN(C(=O)CC4=CSC5=NCCN45)CC3)[nH]c2c1. The second kappa shape index (κ2) is 6.71. The lowest BCUT2D eigenvalue weighted by atomic mass is 9.96. The van der Waals surface area contributed by atoms with Crippen LogP contribution in [0.15, 0.2) is 34.3 Å².